The van der Waals surface area contributed by atoms with Gasteiger partial charge in [0, 0.05) is 85.4 Å². The topological polar surface area (TPSA) is 74.2 Å². The Kier molecular flexibility index (Phi) is 7.36. The van der Waals surface area contributed by atoms with Crippen molar-refractivity contribution in [2.24, 2.45) is 7.05 Å². The Morgan fingerprint density at radius 2 is 1.83 bits per heavy atom. The first-order valence-corrected chi connectivity index (χ1v) is 10.8. The second-order valence-corrected chi connectivity index (χ2v) is 8.67. The average molecular weight is 421 g/mol. The monoisotopic (exact) mass is 420 g/mol. The van der Waals surface area contributed by atoms with Crippen molar-refractivity contribution in [2.45, 2.75) is 38.3 Å². The van der Waals surface area contributed by atoms with E-state index in [-0.39, 0.29) is 11.9 Å². The van der Waals surface area contributed by atoms with Crippen LogP contribution in [0.2, 0.25) is 0 Å². The number of ether oxygens (including phenoxy) is 1. The van der Waals surface area contributed by atoms with Gasteiger partial charge in [-0.25, -0.2) is 4.79 Å². The lowest BCUT2D eigenvalue weighted by molar-refractivity contribution is 0.0151. The summed E-state index contributed by atoms with van der Waals surface area (Å²) in [5, 5.41) is 4.32. The van der Waals surface area contributed by atoms with E-state index in [2.05, 4.69) is 10.00 Å². The van der Waals surface area contributed by atoms with Gasteiger partial charge in [0.15, 0.2) is 5.69 Å². The molecule has 9 nitrogen and oxygen atoms in total. The summed E-state index contributed by atoms with van der Waals surface area (Å²) in [4.78, 5) is 33.0. The molecule has 0 spiro atoms. The van der Waals surface area contributed by atoms with E-state index in [0.29, 0.717) is 24.3 Å². The van der Waals surface area contributed by atoms with Crippen molar-refractivity contribution >= 4 is 11.9 Å². The Morgan fingerprint density at radius 1 is 1.13 bits per heavy atom. The van der Waals surface area contributed by atoms with Gasteiger partial charge in [-0.15, -0.1) is 0 Å². The average Bonchev–Trinajstić information content (AvgIpc) is 3.34. The van der Waals surface area contributed by atoms with Gasteiger partial charge in [-0.1, -0.05) is 0 Å². The van der Waals surface area contributed by atoms with Crippen LogP contribution in [-0.2, 0) is 11.8 Å². The Hall–Kier alpha value is -2.13. The second-order valence-electron chi connectivity index (χ2n) is 8.67. The molecule has 30 heavy (non-hydrogen) atoms. The maximum atomic E-state index is 12.8. The number of carbonyl (C=O) groups is 2. The second kappa shape index (κ2) is 9.78. The van der Waals surface area contributed by atoms with Gasteiger partial charge in [0.05, 0.1) is 0 Å². The van der Waals surface area contributed by atoms with Crippen molar-refractivity contribution in [2.75, 3.05) is 60.5 Å². The molecular weight excluding hydrogens is 384 g/mol. The van der Waals surface area contributed by atoms with E-state index in [0.717, 1.165) is 57.8 Å². The van der Waals surface area contributed by atoms with E-state index in [9.17, 15) is 9.59 Å². The molecule has 1 aromatic rings. The van der Waals surface area contributed by atoms with Crippen LogP contribution in [0.15, 0.2) is 6.07 Å². The first-order valence-electron chi connectivity index (χ1n) is 10.8. The molecule has 0 aromatic carbocycles. The van der Waals surface area contributed by atoms with Gasteiger partial charge in [-0.3, -0.25) is 14.4 Å². The normalized spacial score (nSPS) is 20.1. The highest BCUT2D eigenvalue weighted by molar-refractivity contribution is 5.92. The van der Waals surface area contributed by atoms with Gasteiger partial charge < -0.3 is 19.4 Å². The quantitative estimate of drug-likeness (QED) is 0.687. The lowest BCUT2D eigenvalue weighted by Crippen LogP contribution is -2.50. The van der Waals surface area contributed by atoms with Crippen LogP contribution < -0.4 is 0 Å². The van der Waals surface area contributed by atoms with Crippen LogP contribution in [0.4, 0.5) is 4.79 Å². The number of hydrogen-bond donors (Lipinski definition) is 0. The Morgan fingerprint density at radius 3 is 2.43 bits per heavy atom. The van der Waals surface area contributed by atoms with Crippen molar-refractivity contribution in [3.8, 4) is 0 Å². The number of nitrogens with zero attached hydrogens (tertiary/aromatic N) is 6. The standard InChI is InChI=1S/C21H36N6O3/c1-16-14-19(22-25(16)5)20(28)24(4)10-11-27(17-7-12-30-13-8-17)18-6-9-26(15-18)21(29)23(2)3/h14,17-18H,6-13,15H2,1-5H3. The first-order chi connectivity index (χ1) is 14.3. The first kappa shape index (κ1) is 22.6. The minimum absolute atomic E-state index is 0.0542. The number of hydrogen-bond acceptors (Lipinski definition) is 5. The maximum Gasteiger partial charge on any atom is 0.319 e. The number of aromatic nitrogens is 2. The lowest BCUT2D eigenvalue weighted by atomic mass is 10.0. The molecule has 0 aliphatic carbocycles. The molecular formula is C21H36N6O3. The summed E-state index contributed by atoms with van der Waals surface area (Å²) in [6, 6.07) is 2.65. The minimum atomic E-state index is -0.0542. The SMILES string of the molecule is Cc1cc(C(=O)N(C)CCN(C2CCOCC2)C2CCN(C(=O)N(C)C)C2)nn1C. The molecule has 2 fully saturated rings. The van der Waals surface area contributed by atoms with Gasteiger partial charge in [0.2, 0.25) is 0 Å². The van der Waals surface area contributed by atoms with Crippen molar-refractivity contribution < 1.29 is 14.3 Å². The number of likely N-dealkylation sites (tertiary alicyclic amines) is 1. The highest BCUT2D eigenvalue weighted by atomic mass is 16.5. The fraction of sp³-hybridized carbons (Fsp3) is 0.762. The van der Waals surface area contributed by atoms with Crippen LogP contribution in [-0.4, -0.2) is 114 Å². The summed E-state index contributed by atoms with van der Waals surface area (Å²) in [6.07, 6.45) is 2.96. The minimum Gasteiger partial charge on any atom is -0.381 e. The van der Waals surface area contributed by atoms with Gasteiger partial charge >= 0.3 is 6.03 Å². The zero-order valence-electron chi connectivity index (χ0n) is 19.0. The van der Waals surface area contributed by atoms with Crippen LogP contribution in [0.3, 0.4) is 0 Å². The number of amides is 3. The van der Waals surface area contributed by atoms with Gasteiger partial charge in [-0.05, 0) is 32.3 Å². The predicted octanol–water partition coefficient (Wildman–Crippen LogP) is 1.04. The summed E-state index contributed by atoms with van der Waals surface area (Å²) in [6.45, 7) is 6.43. The fourth-order valence-electron chi connectivity index (χ4n) is 4.38. The Bertz CT molecular complexity index is 724. The van der Waals surface area contributed by atoms with Crippen LogP contribution in [0.25, 0.3) is 0 Å². The van der Waals surface area contributed by atoms with Crippen molar-refractivity contribution in [3.63, 3.8) is 0 Å². The molecule has 0 radical (unpaired) electrons. The molecule has 3 rings (SSSR count). The van der Waals surface area contributed by atoms with Crippen molar-refractivity contribution in [3.05, 3.63) is 17.5 Å². The molecule has 1 unspecified atom stereocenters. The van der Waals surface area contributed by atoms with E-state index < -0.39 is 0 Å². The van der Waals surface area contributed by atoms with E-state index in [1.54, 1.807) is 28.6 Å². The number of likely N-dealkylation sites (N-methyl/N-ethyl adjacent to an activating group) is 1. The van der Waals surface area contributed by atoms with Crippen LogP contribution in [0, 0.1) is 6.92 Å². The smallest absolute Gasteiger partial charge is 0.319 e. The van der Waals surface area contributed by atoms with Gasteiger partial charge in [0.25, 0.3) is 5.91 Å². The number of rotatable bonds is 6. The number of urea groups is 1. The zero-order valence-corrected chi connectivity index (χ0v) is 19.0. The van der Waals surface area contributed by atoms with Crippen LogP contribution in [0.1, 0.15) is 35.4 Å². The predicted molar refractivity (Wildman–Crippen MR) is 115 cm³/mol. The largest absolute Gasteiger partial charge is 0.381 e. The van der Waals surface area contributed by atoms with Gasteiger partial charge in [-0.2, -0.15) is 5.10 Å². The lowest BCUT2D eigenvalue weighted by Gasteiger charge is -2.39. The van der Waals surface area contributed by atoms with Crippen molar-refractivity contribution in [1.82, 2.24) is 29.4 Å². The highest BCUT2D eigenvalue weighted by Gasteiger charge is 2.35. The van der Waals surface area contributed by atoms with E-state index >= 15 is 0 Å². The summed E-state index contributed by atoms with van der Waals surface area (Å²) in [5.41, 5.74) is 1.45. The maximum absolute atomic E-state index is 12.8. The Balaban J connectivity index is 1.64. The fourth-order valence-corrected chi connectivity index (χ4v) is 4.38. The van der Waals surface area contributed by atoms with Crippen molar-refractivity contribution in [1.29, 1.82) is 0 Å². The molecule has 0 N–H and O–H groups in total. The molecule has 9 heteroatoms. The van der Waals surface area contributed by atoms with Crippen LogP contribution in [0.5, 0.6) is 0 Å². The third-order valence-corrected chi connectivity index (χ3v) is 6.32. The molecule has 2 aliphatic rings. The number of aryl methyl sites for hydroxylation is 2. The molecule has 1 aromatic heterocycles. The third kappa shape index (κ3) is 5.13. The summed E-state index contributed by atoms with van der Waals surface area (Å²) in [5.74, 6) is -0.0542. The van der Waals surface area contributed by atoms with E-state index in [4.69, 9.17) is 4.74 Å². The van der Waals surface area contributed by atoms with Crippen LogP contribution >= 0.6 is 0 Å². The summed E-state index contributed by atoms with van der Waals surface area (Å²) in [7, 11) is 7.28. The molecule has 0 saturated carbocycles. The molecule has 2 saturated heterocycles. The number of carbonyl (C=O) groups excluding carboxylic acids is 2. The molecule has 2 aliphatic heterocycles. The Labute approximate surface area is 179 Å². The van der Waals surface area contributed by atoms with Gasteiger partial charge in [0.1, 0.15) is 0 Å². The van der Waals surface area contributed by atoms with E-state index in [1.165, 1.54) is 0 Å². The summed E-state index contributed by atoms with van der Waals surface area (Å²) < 4.78 is 7.29. The molecule has 168 valence electrons. The highest BCUT2D eigenvalue weighted by Crippen LogP contribution is 2.24. The zero-order chi connectivity index (χ0) is 21.8. The summed E-state index contributed by atoms with van der Waals surface area (Å²) >= 11 is 0. The molecule has 1 atom stereocenters. The molecule has 0 bridgehead atoms. The molecule has 3 amide bonds. The third-order valence-electron chi connectivity index (χ3n) is 6.32. The molecule has 3 heterocycles. The van der Waals surface area contributed by atoms with E-state index in [1.807, 2.05) is 32.0 Å².